The van der Waals surface area contributed by atoms with Crippen molar-refractivity contribution < 1.29 is 24.5 Å². The van der Waals surface area contributed by atoms with Crippen LogP contribution in [0.4, 0.5) is 14.6 Å². The number of amides is 1. The molecule has 200 valence electrons. The molecule has 0 aliphatic carbocycles. The van der Waals surface area contributed by atoms with Crippen LogP contribution in [0.3, 0.4) is 0 Å². The van der Waals surface area contributed by atoms with E-state index in [2.05, 4.69) is 9.97 Å². The van der Waals surface area contributed by atoms with Crippen molar-refractivity contribution in [3.63, 3.8) is 0 Å². The van der Waals surface area contributed by atoms with Gasteiger partial charge < -0.3 is 24.3 Å². The van der Waals surface area contributed by atoms with E-state index in [9.17, 15) is 9.18 Å². The first kappa shape index (κ1) is 25.5. The van der Waals surface area contributed by atoms with Gasteiger partial charge in [0.1, 0.15) is 17.3 Å². The van der Waals surface area contributed by atoms with Gasteiger partial charge in [-0.2, -0.15) is 0 Å². The molecule has 1 fully saturated rings. The Labute approximate surface area is 221 Å². The number of piperazine rings is 1. The quantitative estimate of drug-likeness (QED) is 0.344. The molecule has 2 aromatic heterocycles. The van der Waals surface area contributed by atoms with E-state index < -0.39 is 5.82 Å². The van der Waals surface area contributed by atoms with Gasteiger partial charge in [0.15, 0.2) is 17.4 Å². The number of nitrogens with zero attached hydrogens (tertiary/aromatic N) is 3. The lowest BCUT2D eigenvalue weighted by Crippen LogP contribution is -2.49. The van der Waals surface area contributed by atoms with Gasteiger partial charge >= 0.3 is 0 Å². The number of carbonyl (C=O) groups excluding carboxylic acids is 1. The zero-order chi connectivity index (χ0) is 27.0. The SMILES string of the molecule is COc1ccccc1-c1cc(C(C)C)c(F)c2[nH]c(C(=O)N3CCN(c4ncc(F)cc4OC)CC3)cc12.[HH]. The van der Waals surface area contributed by atoms with Crippen molar-refractivity contribution >= 4 is 22.6 Å². The van der Waals surface area contributed by atoms with Crippen LogP contribution in [-0.2, 0) is 0 Å². The maximum Gasteiger partial charge on any atom is 0.270 e. The lowest BCUT2D eigenvalue weighted by molar-refractivity contribution is 0.0741. The summed E-state index contributed by atoms with van der Waals surface area (Å²) in [4.78, 5) is 24.5. The van der Waals surface area contributed by atoms with Gasteiger partial charge in [-0.3, -0.25) is 4.79 Å². The van der Waals surface area contributed by atoms with E-state index in [0.717, 1.165) is 17.3 Å². The second kappa shape index (κ2) is 10.3. The molecule has 1 aliphatic rings. The second-order valence-corrected chi connectivity index (χ2v) is 9.61. The van der Waals surface area contributed by atoms with E-state index in [1.165, 1.54) is 13.2 Å². The number of anilines is 1. The molecule has 3 heterocycles. The van der Waals surface area contributed by atoms with Crippen molar-refractivity contribution in [2.45, 2.75) is 19.8 Å². The normalized spacial score (nSPS) is 13.9. The highest BCUT2D eigenvalue weighted by Crippen LogP contribution is 2.39. The van der Waals surface area contributed by atoms with Gasteiger partial charge in [0, 0.05) is 44.6 Å². The second-order valence-electron chi connectivity index (χ2n) is 9.61. The number of hydrogen-bond donors (Lipinski definition) is 1. The van der Waals surface area contributed by atoms with Crippen molar-refractivity contribution in [3.8, 4) is 22.6 Å². The summed E-state index contributed by atoms with van der Waals surface area (Å²) in [5, 5.41) is 0.624. The zero-order valence-corrected chi connectivity index (χ0v) is 21.8. The van der Waals surface area contributed by atoms with E-state index >= 15 is 4.39 Å². The summed E-state index contributed by atoms with van der Waals surface area (Å²) in [6.45, 7) is 5.73. The van der Waals surface area contributed by atoms with Crippen LogP contribution in [0.1, 0.15) is 37.2 Å². The van der Waals surface area contributed by atoms with Crippen molar-refractivity contribution in [1.29, 1.82) is 0 Å². The Morgan fingerprint density at radius 1 is 1.00 bits per heavy atom. The van der Waals surface area contributed by atoms with Gasteiger partial charge in [-0.05, 0) is 35.2 Å². The van der Waals surface area contributed by atoms with Gasteiger partial charge in [0.25, 0.3) is 5.91 Å². The molecule has 1 amide bonds. The van der Waals surface area contributed by atoms with Crippen molar-refractivity contribution in [2.75, 3.05) is 45.3 Å². The third-order valence-corrected chi connectivity index (χ3v) is 7.02. The molecular weight excluding hydrogens is 490 g/mol. The molecule has 0 radical (unpaired) electrons. The van der Waals surface area contributed by atoms with E-state index in [4.69, 9.17) is 9.47 Å². The largest absolute Gasteiger partial charge is 0.496 e. The third kappa shape index (κ3) is 4.53. The first-order chi connectivity index (χ1) is 18.3. The predicted molar refractivity (Wildman–Crippen MR) is 145 cm³/mol. The van der Waals surface area contributed by atoms with E-state index in [1.807, 2.05) is 49.1 Å². The predicted octanol–water partition coefficient (Wildman–Crippen LogP) is 5.86. The highest BCUT2D eigenvalue weighted by molar-refractivity contribution is 6.04. The number of aromatic amines is 1. The fourth-order valence-corrected chi connectivity index (χ4v) is 5.00. The topological polar surface area (TPSA) is 70.7 Å². The minimum absolute atomic E-state index is 0. The molecule has 5 rings (SSSR count). The first-order valence-corrected chi connectivity index (χ1v) is 12.5. The van der Waals surface area contributed by atoms with Gasteiger partial charge in [0.05, 0.1) is 25.9 Å². The smallest absolute Gasteiger partial charge is 0.270 e. The molecule has 0 spiro atoms. The Hall–Kier alpha value is -4.14. The van der Waals surface area contributed by atoms with Crippen LogP contribution in [0.15, 0.2) is 48.7 Å². The number of halogens is 2. The number of hydrogen-bond acceptors (Lipinski definition) is 5. The Morgan fingerprint density at radius 3 is 2.39 bits per heavy atom. The minimum atomic E-state index is -0.474. The Balaban J connectivity index is 0.00000353. The van der Waals surface area contributed by atoms with E-state index in [-0.39, 0.29) is 19.1 Å². The maximum absolute atomic E-state index is 15.6. The van der Waals surface area contributed by atoms with Crippen molar-refractivity contribution in [3.05, 3.63) is 71.6 Å². The van der Waals surface area contributed by atoms with Crippen LogP contribution in [0.5, 0.6) is 11.5 Å². The summed E-state index contributed by atoms with van der Waals surface area (Å²) in [6.07, 6.45) is 1.15. The van der Waals surface area contributed by atoms with Crippen LogP contribution < -0.4 is 14.4 Å². The molecule has 1 saturated heterocycles. The number of rotatable bonds is 6. The molecule has 0 unspecified atom stereocenters. The Bertz CT molecular complexity index is 1500. The number of pyridine rings is 1. The van der Waals surface area contributed by atoms with Gasteiger partial charge in [-0.25, -0.2) is 13.8 Å². The zero-order valence-electron chi connectivity index (χ0n) is 21.8. The Morgan fingerprint density at radius 2 is 1.71 bits per heavy atom. The molecule has 1 aliphatic heterocycles. The van der Waals surface area contributed by atoms with E-state index in [0.29, 0.717) is 65.7 Å². The van der Waals surface area contributed by atoms with E-state index in [1.54, 1.807) is 18.1 Å². The molecule has 7 nitrogen and oxygen atoms in total. The number of benzene rings is 2. The summed E-state index contributed by atoms with van der Waals surface area (Å²) < 4.78 is 40.1. The number of nitrogens with one attached hydrogen (secondary N) is 1. The van der Waals surface area contributed by atoms with Crippen LogP contribution in [0, 0.1) is 11.6 Å². The molecule has 1 N–H and O–H groups in total. The lowest BCUT2D eigenvalue weighted by atomic mass is 9.93. The van der Waals surface area contributed by atoms with Crippen LogP contribution >= 0.6 is 0 Å². The molecule has 4 aromatic rings. The number of carbonyl (C=O) groups is 1. The van der Waals surface area contributed by atoms with Crippen molar-refractivity contribution in [1.82, 2.24) is 14.9 Å². The van der Waals surface area contributed by atoms with Gasteiger partial charge in [0.2, 0.25) is 0 Å². The fraction of sp³-hybridized carbons (Fsp3) is 0.310. The lowest BCUT2D eigenvalue weighted by Gasteiger charge is -2.35. The van der Waals surface area contributed by atoms with Gasteiger partial charge in [-0.1, -0.05) is 32.0 Å². The molecule has 38 heavy (non-hydrogen) atoms. The molecular formula is C29H32F2N4O3. The maximum atomic E-state index is 15.6. The van der Waals surface area contributed by atoms with Crippen molar-refractivity contribution in [2.24, 2.45) is 0 Å². The number of ether oxygens (including phenoxy) is 2. The first-order valence-electron chi connectivity index (χ1n) is 12.5. The number of aromatic nitrogens is 2. The highest BCUT2D eigenvalue weighted by Gasteiger charge is 2.27. The monoisotopic (exact) mass is 522 g/mol. The summed E-state index contributed by atoms with van der Waals surface area (Å²) in [6, 6.07) is 12.5. The summed E-state index contributed by atoms with van der Waals surface area (Å²) in [7, 11) is 3.07. The number of fused-ring (bicyclic) bond motifs is 1. The molecule has 9 heteroatoms. The number of methoxy groups -OCH3 is 2. The molecule has 0 bridgehead atoms. The minimum Gasteiger partial charge on any atom is -0.496 e. The third-order valence-electron chi connectivity index (χ3n) is 7.02. The molecule has 2 aromatic carbocycles. The standard InChI is InChI=1S/C29H30F2N4O3.H2/c1-17(2)20-14-21(19-7-5-6-8-24(19)37-3)22-15-23(33-27(22)26(20)31)29(36)35-11-9-34(10-12-35)28-25(38-4)13-18(30)16-32-28;/h5-8,13-17,33H,9-12H2,1-4H3;1H. The van der Waals surface area contributed by atoms with Crippen LogP contribution in [-0.4, -0.2) is 61.2 Å². The molecule has 0 atom stereocenters. The summed E-state index contributed by atoms with van der Waals surface area (Å²) in [5.41, 5.74) is 2.82. The average Bonchev–Trinajstić information content (AvgIpc) is 3.39. The number of para-hydroxylation sites is 1. The van der Waals surface area contributed by atoms with Gasteiger partial charge in [-0.15, -0.1) is 0 Å². The average molecular weight is 523 g/mol. The summed E-state index contributed by atoms with van der Waals surface area (Å²) >= 11 is 0. The highest BCUT2D eigenvalue weighted by atomic mass is 19.1. The van der Waals surface area contributed by atoms with Crippen LogP contribution in [0.2, 0.25) is 0 Å². The molecule has 0 saturated carbocycles. The number of H-pyrrole nitrogens is 1. The fourth-order valence-electron chi connectivity index (χ4n) is 5.00. The Kier molecular flexibility index (Phi) is 6.93. The summed E-state index contributed by atoms with van der Waals surface area (Å²) in [5.74, 6) is 0.463. The van der Waals surface area contributed by atoms with Crippen LogP contribution in [0.25, 0.3) is 22.0 Å².